The second-order valence-corrected chi connectivity index (χ2v) is 5.37. The molecule has 0 radical (unpaired) electrons. The molecule has 80 valence electrons. The zero-order chi connectivity index (χ0) is 10.3. The molecule has 1 aromatic rings. The Morgan fingerprint density at radius 2 is 2.33 bits per heavy atom. The number of thiophene rings is 1. The van der Waals surface area contributed by atoms with Crippen molar-refractivity contribution in [2.45, 2.75) is 12.5 Å². The van der Waals surface area contributed by atoms with E-state index in [2.05, 4.69) is 10.6 Å². The topological polar surface area (TPSA) is 41.1 Å². The van der Waals surface area contributed by atoms with Crippen LogP contribution < -0.4 is 10.6 Å². The first kappa shape index (κ1) is 9.36. The quantitative estimate of drug-likeness (QED) is 0.787. The van der Waals surface area contributed by atoms with Gasteiger partial charge in [-0.15, -0.1) is 11.3 Å². The van der Waals surface area contributed by atoms with E-state index in [1.165, 1.54) is 0 Å². The first-order chi connectivity index (χ1) is 7.34. The van der Waals surface area contributed by atoms with Crippen LogP contribution in [0.2, 0.25) is 0 Å². The number of hydrogen-bond donors (Lipinski definition) is 2. The maximum absolute atomic E-state index is 11.7. The van der Waals surface area contributed by atoms with Crippen LogP contribution in [-0.4, -0.2) is 25.0 Å². The maximum Gasteiger partial charge on any atom is 0.225 e. The van der Waals surface area contributed by atoms with Crippen molar-refractivity contribution in [2.75, 3.05) is 13.1 Å². The number of carbonyl (C=O) groups excluding carboxylic acids is 1. The zero-order valence-electron chi connectivity index (χ0n) is 8.40. The van der Waals surface area contributed by atoms with Crippen molar-refractivity contribution in [3.8, 4) is 0 Å². The smallest absolute Gasteiger partial charge is 0.225 e. The van der Waals surface area contributed by atoms with Crippen molar-refractivity contribution in [3.05, 3.63) is 22.4 Å². The molecule has 15 heavy (non-hydrogen) atoms. The zero-order valence-corrected chi connectivity index (χ0v) is 9.22. The van der Waals surface area contributed by atoms with Gasteiger partial charge in [0, 0.05) is 24.0 Å². The SMILES string of the molecule is O=C(Cc1cccs1)NC1C2CNCC21. The molecule has 1 aliphatic heterocycles. The van der Waals surface area contributed by atoms with Gasteiger partial charge >= 0.3 is 0 Å². The minimum Gasteiger partial charge on any atom is -0.352 e. The van der Waals surface area contributed by atoms with Crippen LogP contribution in [0.15, 0.2) is 17.5 Å². The van der Waals surface area contributed by atoms with Crippen LogP contribution in [0.4, 0.5) is 0 Å². The molecule has 0 spiro atoms. The Morgan fingerprint density at radius 1 is 1.53 bits per heavy atom. The lowest BCUT2D eigenvalue weighted by atomic mass is 10.3. The van der Waals surface area contributed by atoms with Gasteiger partial charge < -0.3 is 10.6 Å². The molecule has 1 saturated carbocycles. The van der Waals surface area contributed by atoms with Gasteiger partial charge in [0.2, 0.25) is 5.91 Å². The minimum atomic E-state index is 0.178. The Labute approximate surface area is 92.9 Å². The van der Waals surface area contributed by atoms with Crippen molar-refractivity contribution in [3.63, 3.8) is 0 Å². The van der Waals surface area contributed by atoms with E-state index in [-0.39, 0.29) is 5.91 Å². The average Bonchev–Trinajstić information content (AvgIpc) is 2.65. The second kappa shape index (κ2) is 3.61. The number of fused-ring (bicyclic) bond motifs is 1. The lowest BCUT2D eigenvalue weighted by Gasteiger charge is -2.06. The molecule has 2 N–H and O–H groups in total. The van der Waals surface area contributed by atoms with Gasteiger partial charge in [0.25, 0.3) is 0 Å². The van der Waals surface area contributed by atoms with E-state index in [4.69, 9.17) is 0 Å². The molecule has 2 heterocycles. The van der Waals surface area contributed by atoms with Crippen molar-refractivity contribution in [1.29, 1.82) is 0 Å². The van der Waals surface area contributed by atoms with E-state index in [1.54, 1.807) is 11.3 Å². The van der Waals surface area contributed by atoms with E-state index in [0.29, 0.717) is 24.3 Å². The third-order valence-corrected chi connectivity index (χ3v) is 4.21. The fourth-order valence-electron chi connectivity index (χ4n) is 2.44. The molecule has 2 aliphatic rings. The molecule has 1 amide bonds. The molecule has 2 unspecified atom stereocenters. The lowest BCUT2D eigenvalue weighted by molar-refractivity contribution is -0.120. The van der Waals surface area contributed by atoms with Crippen molar-refractivity contribution in [2.24, 2.45) is 11.8 Å². The van der Waals surface area contributed by atoms with Crippen molar-refractivity contribution in [1.82, 2.24) is 10.6 Å². The number of rotatable bonds is 3. The predicted octanol–water partition coefficient (Wildman–Crippen LogP) is 0.625. The van der Waals surface area contributed by atoms with E-state index in [9.17, 15) is 4.79 Å². The third-order valence-electron chi connectivity index (χ3n) is 3.33. The van der Waals surface area contributed by atoms with Crippen LogP contribution in [-0.2, 0) is 11.2 Å². The van der Waals surface area contributed by atoms with E-state index in [1.807, 2.05) is 17.5 Å². The highest BCUT2D eigenvalue weighted by molar-refractivity contribution is 7.10. The standard InChI is InChI=1S/C11H14N2OS/c14-10(4-7-2-1-3-15-7)13-11-8-5-12-6-9(8)11/h1-3,8-9,11-12H,4-6H2,(H,13,14). The van der Waals surface area contributed by atoms with Gasteiger partial charge in [-0.3, -0.25) is 4.79 Å². The Kier molecular flexibility index (Phi) is 2.25. The summed E-state index contributed by atoms with van der Waals surface area (Å²) in [4.78, 5) is 12.8. The molecule has 2 atom stereocenters. The summed E-state index contributed by atoms with van der Waals surface area (Å²) in [6.45, 7) is 2.16. The fraction of sp³-hybridized carbons (Fsp3) is 0.545. The number of amides is 1. The summed E-state index contributed by atoms with van der Waals surface area (Å²) in [7, 11) is 0. The van der Waals surface area contributed by atoms with Crippen LogP contribution in [0.1, 0.15) is 4.88 Å². The molecule has 1 saturated heterocycles. The van der Waals surface area contributed by atoms with Gasteiger partial charge in [-0.2, -0.15) is 0 Å². The summed E-state index contributed by atoms with van der Waals surface area (Å²) >= 11 is 1.65. The van der Waals surface area contributed by atoms with Gasteiger partial charge in [0.05, 0.1) is 6.42 Å². The van der Waals surface area contributed by atoms with Crippen LogP contribution in [0.25, 0.3) is 0 Å². The highest BCUT2D eigenvalue weighted by Crippen LogP contribution is 2.41. The molecule has 0 aromatic carbocycles. The molecular weight excluding hydrogens is 208 g/mol. The lowest BCUT2D eigenvalue weighted by Crippen LogP contribution is -2.33. The maximum atomic E-state index is 11.7. The molecule has 1 aromatic heterocycles. The number of piperidine rings is 1. The summed E-state index contributed by atoms with van der Waals surface area (Å²) in [5.41, 5.74) is 0. The van der Waals surface area contributed by atoms with Crippen LogP contribution in [0.5, 0.6) is 0 Å². The van der Waals surface area contributed by atoms with Crippen LogP contribution in [0, 0.1) is 11.8 Å². The largest absolute Gasteiger partial charge is 0.352 e. The van der Waals surface area contributed by atoms with Crippen molar-refractivity contribution < 1.29 is 4.79 Å². The second-order valence-electron chi connectivity index (χ2n) is 4.34. The molecule has 1 aliphatic carbocycles. The molecule has 4 heteroatoms. The highest BCUT2D eigenvalue weighted by Gasteiger charge is 2.53. The average molecular weight is 222 g/mol. The number of hydrogen-bond acceptors (Lipinski definition) is 3. The van der Waals surface area contributed by atoms with Gasteiger partial charge in [-0.1, -0.05) is 6.07 Å². The molecular formula is C11H14N2OS. The van der Waals surface area contributed by atoms with E-state index in [0.717, 1.165) is 18.0 Å². The van der Waals surface area contributed by atoms with Crippen LogP contribution >= 0.6 is 11.3 Å². The molecule has 0 bridgehead atoms. The minimum absolute atomic E-state index is 0.178. The molecule has 3 rings (SSSR count). The van der Waals surface area contributed by atoms with E-state index >= 15 is 0 Å². The van der Waals surface area contributed by atoms with Gasteiger partial charge in [0.15, 0.2) is 0 Å². The Bertz CT molecular complexity index is 353. The summed E-state index contributed by atoms with van der Waals surface area (Å²) in [5, 5.41) is 8.46. The van der Waals surface area contributed by atoms with E-state index < -0.39 is 0 Å². The Hall–Kier alpha value is -0.870. The first-order valence-corrected chi connectivity index (χ1v) is 6.25. The summed E-state index contributed by atoms with van der Waals surface area (Å²) in [6, 6.07) is 4.46. The third kappa shape index (κ3) is 1.79. The monoisotopic (exact) mass is 222 g/mol. The Balaban J connectivity index is 1.50. The fourth-order valence-corrected chi connectivity index (χ4v) is 3.14. The molecule has 2 fully saturated rings. The number of nitrogens with one attached hydrogen (secondary N) is 2. The van der Waals surface area contributed by atoms with Crippen LogP contribution in [0.3, 0.4) is 0 Å². The predicted molar refractivity (Wildman–Crippen MR) is 59.8 cm³/mol. The van der Waals surface area contributed by atoms with Gasteiger partial charge in [-0.25, -0.2) is 0 Å². The summed E-state index contributed by atoms with van der Waals surface area (Å²) in [5.74, 6) is 1.59. The normalized spacial score (nSPS) is 32.4. The Morgan fingerprint density at radius 3 is 3.00 bits per heavy atom. The number of carbonyl (C=O) groups is 1. The summed E-state index contributed by atoms with van der Waals surface area (Å²) < 4.78 is 0. The van der Waals surface area contributed by atoms with Crippen molar-refractivity contribution >= 4 is 17.2 Å². The summed E-state index contributed by atoms with van der Waals surface area (Å²) in [6.07, 6.45) is 0.543. The van der Waals surface area contributed by atoms with Gasteiger partial charge in [0.1, 0.15) is 0 Å². The van der Waals surface area contributed by atoms with Gasteiger partial charge in [-0.05, 0) is 23.3 Å². The molecule has 3 nitrogen and oxygen atoms in total. The first-order valence-electron chi connectivity index (χ1n) is 5.37. The highest BCUT2D eigenvalue weighted by atomic mass is 32.1.